The van der Waals surface area contributed by atoms with Crippen LogP contribution in [-0.4, -0.2) is 32.7 Å². The van der Waals surface area contributed by atoms with Crippen molar-refractivity contribution >= 4 is 16.8 Å². The van der Waals surface area contributed by atoms with Gasteiger partial charge < -0.3 is 10.4 Å². The van der Waals surface area contributed by atoms with Gasteiger partial charge in [0.05, 0.1) is 23.3 Å². The summed E-state index contributed by atoms with van der Waals surface area (Å²) in [6.45, 7) is 2.53. The highest BCUT2D eigenvalue weighted by Gasteiger charge is 2.33. The molecular weight excluding hydrogens is 318 g/mol. The molecule has 0 radical (unpaired) electrons. The Morgan fingerprint density at radius 3 is 2.88 bits per heavy atom. The van der Waals surface area contributed by atoms with Crippen molar-refractivity contribution in [3.05, 3.63) is 40.9 Å². The van der Waals surface area contributed by atoms with E-state index in [0.29, 0.717) is 36.2 Å². The van der Waals surface area contributed by atoms with Gasteiger partial charge in [0.2, 0.25) is 5.91 Å². The van der Waals surface area contributed by atoms with Crippen molar-refractivity contribution in [3.63, 3.8) is 0 Å². The lowest BCUT2D eigenvalue weighted by Crippen LogP contribution is -2.46. The molecule has 1 heterocycles. The number of carbonyl (C=O) groups is 1. The molecule has 1 aliphatic carbocycles. The second-order valence-electron chi connectivity index (χ2n) is 6.83. The van der Waals surface area contributed by atoms with E-state index in [1.54, 1.807) is 17.0 Å². The van der Waals surface area contributed by atoms with Crippen LogP contribution < -0.4 is 10.9 Å². The van der Waals surface area contributed by atoms with E-state index >= 15 is 0 Å². The van der Waals surface area contributed by atoms with Gasteiger partial charge in [-0.3, -0.25) is 14.2 Å². The minimum atomic E-state index is -0.205. The molecule has 6 nitrogen and oxygen atoms in total. The number of para-hydroxylation sites is 1. The summed E-state index contributed by atoms with van der Waals surface area (Å²) >= 11 is 0. The number of hydrogen-bond donors (Lipinski definition) is 2. The number of aryl methyl sites for hydroxylation is 1. The van der Waals surface area contributed by atoms with Crippen LogP contribution in [0.15, 0.2) is 35.4 Å². The fourth-order valence-electron chi connectivity index (χ4n) is 3.47. The fourth-order valence-corrected chi connectivity index (χ4v) is 3.47. The highest BCUT2D eigenvalue weighted by molar-refractivity contribution is 5.77. The van der Waals surface area contributed by atoms with Gasteiger partial charge in [0.25, 0.3) is 5.56 Å². The number of aromatic nitrogens is 2. The van der Waals surface area contributed by atoms with E-state index in [1.807, 2.05) is 18.2 Å². The van der Waals surface area contributed by atoms with E-state index in [4.69, 9.17) is 0 Å². The third-order valence-electron chi connectivity index (χ3n) is 5.04. The van der Waals surface area contributed by atoms with Gasteiger partial charge in [-0.25, -0.2) is 4.98 Å². The smallest absolute Gasteiger partial charge is 0.261 e. The number of nitrogens with zero attached hydrogens (tertiary/aromatic N) is 2. The predicted octanol–water partition coefficient (Wildman–Crippen LogP) is 1.84. The third-order valence-corrected chi connectivity index (χ3v) is 5.04. The average molecular weight is 343 g/mol. The lowest BCUT2D eigenvalue weighted by atomic mass is 9.76. The molecule has 3 rings (SSSR count). The molecule has 25 heavy (non-hydrogen) atoms. The molecule has 0 unspecified atom stereocenters. The molecule has 6 heteroatoms. The van der Waals surface area contributed by atoms with Crippen molar-refractivity contribution in [3.8, 4) is 0 Å². The lowest BCUT2D eigenvalue weighted by molar-refractivity contribution is -0.123. The number of fused-ring (bicyclic) bond motifs is 1. The van der Waals surface area contributed by atoms with Crippen LogP contribution in [0.5, 0.6) is 0 Å². The zero-order valence-corrected chi connectivity index (χ0v) is 14.5. The SMILES string of the molecule is CC[C@H](NC(=O)CCCn1cnc2ccccc2c1=O)C1CC(O)C1. The Bertz CT molecular complexity index is 796. The first-order valence-corrected chi connectivity index (χ1v) is 9.00. The van der Waals surface area contributed by atoms with Crippen LogP contribution in [0.1, 0.15) is 39.0 Å². The molecular formula is C19H25N3O3. The summed E-state index contributed by atoms with van der Waals surface area (Å²) in [7, 11) is 0. The first-order chi connectivity index (χ1) is 12.1. The summed E-state index contributed by atoms with van der Waals surface area (Å²) < 4.78 is 1.56. The van der Waals surface area contributed by atoms with Crippen LogP contribution in [0.4, 0.5) is 0 Å². The molecule has 0 aliphatic heterocycles. The molecule has 2 aromatic rings. The van der Waals surface area contributed by atoms with E-state index in [9.17, 15) is 14.7 Å². The van der Waals surface area contributed by atoms with Gasteiger partial charge in [-0.2, -0.15) is 0 Å². The number of aliphatic hydroxyl groups is 1. The van der Waals surface area contributed by atoms with Crippen molar-refractivity contribution < 1.29 is 9.90 Å². The van der Waals surface area contributed by atoms with E-state index in [0.717, 1.165) is 19.3 Å². The Hall–Kier alpha value is -2.21. The normalized spacial score (nSPS) is 20.9. The summed E-state index contributed by atoms with van der Waals surface area (Å²) in [5.41, 5.74) is 0.621. The van der Waals surface area contributed by atoms with E-state index in [1.165, 1.54) is 0 Å². The third kappa shape index (κ3) is 4.07. The number of rotatable bonds is 7. The Morgan fingerprint density at radius 2 is 2.16 bits per heavy atom. The van der Waals surface area contributed by atoms with Crippen molar-refractivity contribution in [1.82, 2.24) is 14.9 Å². The number of nitrogens with one attached hydrogen (secondary N) is 1. The van der Waals surface area contributed by atoms with Gasteiger partial charge in [-0.05, 0) is 43.7 Å². The summed E-state index contributed by atoms with van der Waals surface area (Å²) in [5.74, 6) is 0.395. The summed E-state index contributed by atoms with van der Waals surface area (Å²) in [6.07, 6.45) is 4.74. The monoisotopic (exact) mass is 343 g/mol. The van der Waals surface area contributed by atoms with Crippen molar-refractivity contribution in [2.45, 2.75) is 57.7 Å². The van der Waals surface area contributed by atoms with Gasteiger partial charge in [0, 0.05) is 19.0 Å². The van der Waals surface area contributed by atoms with Gasteiger partial charge in [-0.15, -0.1) is 0 Å². The van der Waals surface area contributed by atoms with Crippen LogP contribution in [0.25, 0.3) is 10.9 Å². The Kier molecular flexibility index (Phi) is 5.48. The van der Waals surface area contributed by atoms with Gasteiger partial charge in [0.1, 0.15) is 0 Å². The topological polar surface area (TPSA) is 84.2 Å². The molecule has 1 atom stereocenters. The molecule has 1 aliphatic rings. The van der Waals surface area contributed by atoms with Crippen molar-refractivity contribution in [2.24, 2.45) is 5.92 Å². The van der Waals surface area contributed by atoms with Crippen molar-refractivity contribution in [1.29, 1.82) is 0 Å². The average Bonchev–Trinajstić information content (AvgIpc) is 2.59. The predicted molar refractivity (Wildman–Crippen MR) is 96.2 cm³/mol. The largest absolute Gasteiger partial charge is 0.393 e. The van der Waals surface area contributed by atoms with Crippen LogP contribution >= 0.6 is 0 Å². The molecule has 1 saturated carbocycles. The summed E-state index contributed by atoms with van der Waals surface area (Å²) in [4.78, 5) is 28.8. The van der Waals surface area contributed by atoms with Crippen molar-refractivity contribution in [2.75, 3.05) is 0 Å². The minimum Gasteiger partial charge on any atom is -0.393 e. The number of benzene rings is 1. The highest BCUT2D eigenvalue weighted by atomic mass is 16.3. The Labute approximate surface area is 146 Å². The molecule has 1 fully saturated rings. The summed E-state index contributed by atoms with van der Waals surface area (Å²) in [5, 5.41) is 13.1. The quantitative estimate of drug-likeness (QED) is 0.803. The Morgan fingerprint density at radius 1 is 1.40 bits per heavy atom. The standard InChI is InChI=1S/C19H25N3O3/c1-2-16(13-10-14(23)11-13)21-18(24)8-5-9-22-12-20-17-7-4-3-6-15(17)19(22)25/h3-4,6-7,12-14,16,23H,2,5,8-11H2,1H3,(H,21,24)/t13?,14?,16-/m0/s1. The number of aliphatic hydroxyl groups excluding tert-OH is 1. The van der Waals surface area contributed by atoms with E-state index in [2.05, 4.69) is 17.2 Å². The van der Waals surface area contributed by atoms with Crippen LogP contribution in [0.2, 0.25) is 0 Å². The number of amides is 1. The molecule has 1 aromatic carbocycles. The maximum absolute atomic E-state index is 12.4. The Balaban J connectivity index is 1.51. The highest BCUT2D eigenvalue weighted by Crippen LogP contribution is 2.31. The van der Waals surface area contributed by atoms with Gasteiger partial charge in [0.15, 0.2) is 0 Å². The number of carbonyl (C=O) groups excluding carboxylic acids is 1. The van der Waals surface area contributed by atoms with Gasteiger partial charge in [-0.1, -0.05) is 19.1 Å². The second kappa shape index (κ2) is 7.78. The lowest BCUT2D eigenvalue weighted by Gasteiger charge is -2.37. The number of hydrogen-bond acceptors (Lipinski definition) is 4. The second-order valence-corrected chi connectivity index (χ2v) is 6.83. The maximum Gasteiger partial charge on any atom is 0.261 e. The summed E-state index contributed by atoms with van der Waals surface area (Å²) in [6, 6.07) is 7.41. The molecule has 134 valence electrons. The zero-order chi connectivity index (χ0) is 17.8. The van der Waals surface area contributed by atoms with Crippen LogP contribution in [0.3, 0.4) is 0 Å². The fraction of sp³-hybridized carbons (Fsp3) is 0.526. The van der Waals surface area contributed by atoms with Gasteiger partial charge >= 0.3 is 0 Å². The van der Waals surface area contributed by atoms with Crippen LogP contribution in [-0.2, 0) is 11.3 Å². The molecule has 1 aromatic heterocycles. The first kappa shape index (κ1) is 17.6. The maximum atomic E-state index is 12.4. The first-order valence-electron chi connectivity index (χ1n) is 9.00. The molecule has 0 saturated heterocycles. The van der Waals surface area contributed by atoms with E-state index in [-0.39, 0.29) is 23.6 Å². The minimum absolute atomic E-state index is 0.00929. The van der Waals surface area contributed by atoms with Crippen LogP contribution in [0, 0.1) is 5.92 Å². The molecule has 1 amide bonds. The molecule has 0 bridgehead atoms. The molecule has 2 N–H and O–H groups in total. The molecule has 0 spiro atoms. The van der Waals surface area contributed by atoms with E-state index < -0.39 is 0 Å². The zero-order valence-electron chi connectivity index (χ0n) is 14.5.